The average molecular weight is 259 g/mol. The number of anilines is 1. The van der Waals surface area contributed by atoms with E-state index in [9.17, 15) is 4.39 Å². The van der Waals surface area contributed by atoms with Crippen molar-refractivity contribution < 1.29 is 9.13 Å². The molecule has 19 heavy (non-hydrogen) atoms. The maximum Gasteiger partial charge on any atom is 0.167 e. The van der Waals surface area contributed by atoms with Crippen molar-refractivity contribution in [3.05, 3.63) is 53.8 Å². The van der Waals surface area contributed by atoms with Gasteiger partial charge in [-0.15, -0.1) is 0 Å². The highest BCUT2D eigenvalue weighted by Crippen LogP contribution is 2.34. The first kappa shape index (κ1) is 13.4. The molecule has 2 N–H and O–H groups in total. The Hall–Kier alpha value is -2.03. The van der Waals surface area contributed by atoms with Gasteiger partial charge in [0.05, 0.1) is 0 Å². The van der Waals surface area contributed by atoms with Crippen molar-refractivity contribution in [1.29, 1.82) is 0 Å². The normalized spacial score (nSPS) is 11.4. The molecule has 2 nitrogen and oxygen atoms in total. The van der Waals surface area contributed by atoms with Crippen LogP contribution in [0.25, 0.3) is 0 Å². The quantitative estimate of drug-likeness (QED) is 0.806. The molecule has 0 aromatic heterocycles. The highest BCUT2D eigenvalue weighted by molar-refractivity contribution is 5.46. The number of ether oxygens (including phenoxy) is 1. The van der Waals surface area contributed by atoms with Crippen molar-refractivity contribution >= 4 is 5.69 Å². The zero-order chi connectivity index (χ0) is 14.0. The Balaban J connectivity index is 2.39. The lowest BCUT2D eigenvalue weighted by Gasteiger charge is -2.22. The summed E-state index contributed by atoms with van der Waals surface area (Å²) in [6, 6.07) is 12.1. The van der Waals surface area contributed by atoms with Crippen molar-refractivity contribution in [2.45, 2.75) is 26.2 Å². The standard InChI is InChI=1S/C16H18FNO/c1-16(2,3)12-6-4-5-7-14(12)19-15-9-8-11(18)10-13(15)17/h4-10H,18H2,1-3H3. The number of hydrogen-bond donors (Lipinski definition) is 1. The van der Waals surface area contributed by atoms with E-state index >= 15 is 0 Å². The minimum atomic E-state index is -0.455. The minimum absolute atomic E-state index is 0.0686. The molecule has 0 fully saturated rings. The van der Waals surface area contributed by atoms with Crippen LogP contribution < -0.4 is 10.5 Å². The van der Waals surface area contributed by atoms with Gasteiger partial charge in [-0.3, -0.25) is 0 Å². The van der Waals surface area contributed by atoms with Crippen LogP contribution in [0.15, 0.2) is 42.5 Å². The van der Waals surface area contributed by atoms with E-state index in [4.69, 9.17) is 10.5 Å². The lowest BCUT2D eigenvalue weighted by Crippen LogP contribution is -2.12. The summed E-state index contributed by atoms with van der Waals surface area (Å²) in [5.74, 6) is 0.397. The fourth-order valence-corrected chi connectivity index (χ4v) is 1.89. The molecule has 2 rings (SSSR count). The zero-order valence-corrected chi connectivity index (χ0v) is 11.4. The summed E-state index contributed by atoms with van der Waals surface area (Å²) in [4.78, 5) is 0. The molecular weight excluding hydrogens is 241 g/mol. The summed E-state index contributed by atoms with van der Waals surface area (Å²) in [5.41, 5.74) is 6.87. The second-order valence-electron chi connectivity index (χ2n) is 5.54. The summed E-state index contributed by atoms with van der Waals surface area (Å²) < 4.78 is 19.5. The van der Waals surface area contributed by atoms with Gasteiger partial charge in [-0.2, -0.15) is 0 Å². The molecule has 0 aliphatic carbocycles. The third kappa shape index (κ3) is 3.05. The summed E-state index contributed by atoms with van der Waals surface area (Å²) >= 11 is 0. The van der Waals surface area contributed by atoms with Crippen LogP contribution in [0.3, 0.4) is 0 Å². The van der Waals surface area contributed by atoms with Crippen molar-refractivity contribution in [3.63, 3.8) is 0 Å². The van der Waals surface area contributed by atoms with Gasteiger partial charge in [0.25, 0.3) is 0 Å². The van der Waals surface area contributed by atoms with Gasteiger partial charge in [0.15, 0.2) is 11.6 Å². The number of nitrogens with two attached hydrogens (primary N) is 1. The third-order valence-electron chi connectivity index (χ3n) is 2.87. The van der Waals surface area contributed by atoms with Gasteiger partial charge in [0.1, 0.15) is 5.75 Å². The Morgan fingerprint density at radius 1 is 1.00 bits per heavy atom. The van der Waals surface area contributed by atoms with Crippen LogP contribution in [0, 0.1) is 5.82 Å². The Kier molecular flexibility index (Phi) is 3.47. The molecule has 0 unspecified atom stereocenters. The van der Waals surface area contributed by atoms with Crippen LogP contribution in [0.1, 0.15) is 26.3 Å². The molecule has 0 radical (unpaired) electrons. The van der Waals surface area contributed by atoms with Crippen LogP contribution in [0.5, 0.6) is 11.5 Å². The monoisotopic (exact) mass is 259 g/mol. The molecule has 0 saturated heterocycles. The van der Waals surface area contributed by atoms with E-state index in [1.165, 1.54) is 6.07 Å². The van der Waals surface area contributed by atoms with E-state index in [0.717, 1.165) is 5.56 Å². The van der Waals surface area contributed by atoms with Crippen molar-refractivity contribution in [1.82, 2.24) is 0 Å². The maximum atomic E-state index is 13.8. The zero-order valence-electron chi connectivity index (χ0n) is 11.4. The van der Waals surface area contributed by atoms with Crippen molar-refractivity contribution in [2.24, 2.45) is 0 Å². The lowest BCUT2D eigenvalue weighted by atomic mass is 9.86. The van der Waals surface area contributed by atoms with E-state index in [1.54, 1.807) is 12.1 Å². The van der Waals surface area contributed by atoms with Gasteiger partial charge in [-0.1, -0.05) is 39.0 Å². The minimum Gasteiger partial charge on any atom is -0.454 e. The van der Waals surface area contributed by atoms with Gasteiger partial charge in [0.2, 0.25) is 0 Å². The van der Waals surface area contributed by atoms with Crippen LogP contribution in [0.4, 0.5) is 10.1 Å². The SMILES string of the molecule is CC(C)(C)c1ccccc1Oc1ccc(N)cc1F. The molecule has 100 valence electrons. The number of hydrogen-bond acceptors (Lipinski definition) is 2. The van der Waals surface area contributed by atoms with Crippen molar-refractivity contribution in [3.8, 4) is 11.5 Å². The first-order chi connectivity index (χ1) is 8.88. The topological polar surface area (TPSA) is 35.2 Å². The third-order valence-corrected chi connectivity index (χ3v) is 2.87. The van der Waals surface area contributed by atoms with Crippen molar-refractivity contribution in [2.75, 3.05) is 5.73 Å². The Bertz CT molecular complexity index is 588. The highest BCUT2D eigenvalue weighted by atomic mass is 19.1. The number of halogens is 1. The fourth-order valence-electron chi connectivity index (χ4n) is 1.89. The maximum absolute atomic E-state index is 13.8. The fraction of sp³-hybridized carbons (Fsp3) is 0.250. The first-order valence-corrected chi connectivity index (χ1v) is 6.20. The Morgan fingerprint density at radius 3 is 2.32 bits per heavy atom. The van der Waals surface area contributed by atoms with E-state index in [1.807, 2.05) is 24.3 Å². The molecule has 2 aromatic carbocycles. The molecule has 0 heterocycles. The van der Waals surface area contributed by atoms with E-state index in [0.29, 0.717) is 11.4 Å². The number of nitrogen functional groups attached to an aromatic ring is 1. The predicted molar refractivity (Wildman–Crippen MR) is 76.0 cm³/mol. The van der Waals surface area contributed by atoms with Gasteiger partial charge in [-0.25, -0.2) is 4.39 Å². The molecule has 0 amide bonds. The highest BCUT2D eigenvalue weighted by Gasteiger charge is 2.19. The van der Waals surface area contributed by atoms with Crippen LogP contribution in [-0.2, 0) is 5.41 Å². The number of benzene rings is 2. The predicted octanol–water partition coefficient (Wildman–Crippen LogP) is 4.50. The Morgan fingerprint density at radius 2 is 1.68 bits per heavy atom. The number of para-hydroxylation sites is 1. The average Bonchev–Trinajstić information content (AvgIpc) is 2.32. The van der Waals surface area contributed by atoms with Gasteiger partial charge in [-0.05, 0) is 23.6 Å². The summed E-state index contributed by atoms with van der Waals surface area (Å²) in [5, 5.41) is 0. The van der Waals surface area contributed by atoms with E-state index < -0.39 is 5.82 Å². The molecule has 0 saturated carbocycles. The van der Waals surface area contributed by atoms with Gasteiger partial charge >= 0.3 is 0 Å². The molecule has 0 bridgehead atoms. The summed E-state index contributed by atoms with van der Waals surface area (Å²) in [6.45, 7) is 6.28. The van der Waals surface area contributed by atoms with Gasteiger partial charge in [0, 0.05) is 17.3 Å². The smallest absolute Gasteiger partial charge is 0.167 e. The molecule has 0 aliphatic heterocycles. The van der Waals surface area contributed by atoms with Crippen LogP contribution in [0.2, 0.25) is 0 Å². The lowest BCUT2D eigenvalue weighted by molar-refractivity contribution is 0.425. The number of rotatable bonds is 2. The van der Waals surface area contributed by atoms with Crippen LogP contribution >= 0.6 is 0 Å². The second kappa shape index (κ2) is 4.92. The molecule has 2 aromatic rings. The van der Waals surface area contributed by atoms with E-state index in [-0.39, 0.29) is 11.2 Å². The molecule has 0 spiro atoms. The summed E-state index contributed by atoms with van der Waals surface area (Å²) in [7, 11) is 0. The van der Waals surface area contributed by atoms with Gasteiger partial charge < -0.3 is 10.5 Å². The molecule has 0 aliphatic rings. The largest absolute Gasteiger partial charge is 0.454 e. The second-order valence-corrected chi connectivity index (χ2v) is 5.54. The molecule has 0 atom stereocenters. The molecule has 3 heteroatoms. The molecular formula is C16H18FNO. The van der Waals surface area contributed by atoms with E-state index in [2.05, 4.69) is 20.8 Å². The van der Waals surface area contributed by atoms with Crippen LogP contribution in [-0.4, -0.2) is 0 Å². The summed E-state index contributed by atoms with van der Waals surface area (Å²) in [6.07, 6.45) is 0. The Labute approximate surface area is 113 Å². The first-order valence-electron chi connectivity index (χ1n) is 6.20.